The lowest BCUT2D eigenvalue weighted by Crippen LogP contribution is -2.29. The van der Waals surface area contributed by atoms with Crippen LogP contribution >= 0.6 is 0 Å². The monoisotopic (exact) mass is 258 g/mol. The highest BCUT2D eigenvalue weighted by molar-refractivity contribution is 5.78. The Kier molecular flexibility index (Phi) is 6.70. The quantitative estimate of drug-likeness (QED) is 0.794. The molecule has 0 aromatic heterocycles. The van der Waals surface area contributed by atoms with Crippen LogP contribution in [0.2, 0.25) is 0 Å². The number of carbonyl (C=O) groups excluding carboxylic acids is 1. The predicted octanol–water partition coefficient (Wildman–Crippen LogP) is 2.05. The van der Waals surface area contributed by atoms with Gasteiger partial charge < -0.3 is 11.1 Å². The van der Waals surface area contributed by atoms with E-state index in [1.54, 1.807) is 0 Å². The zero-order valence-corrected chi connectivity index (χ0v) is 11.7. The van der Waals surface area contributed by atoms with E-state index in [0.717, 1.165) is 24.0 Å². The van der Waals surface area contributed by atoms with Crippen LogP contribution in [0.3, 0.4) is 0 Å². The van der Waals surface area contributed by atoms with E-state index in [9.17, 15) is 4.79 Å². The van der Waals surface area contributed by atoms with Crippen LogP contribution < -0.4 is 11.1 Å². The van der Waals surface area contributed by atoms with Crippen LogP contribution in [-0.4, -0.2) is 12.5 Å². The van der Waals surface area contributed by atoms with Crippen molar-refractivity contribution in [1.29, 1.82) is 0 Å². The van der Waals surface area contributed by atoms with Crippen LogP contribution in [0, 0.1) is 17.8 Å². The second kappa shape index (κ2) is 8.34. The Bertz CT molecular complexity index is 467. The summed E-state index contributed by atoms with van der Waals surface area (Å²) in [5, 5.41) is 2.98. The summed E-state index contributed by atoms with van der Waals surface area (Å²) in [4.78, 5) is 11.9. The Morgan fingerprint density at radius 1 is 1.32 bits per heavy atom. The van der Waals surface area contributed by atoms with E-state index in [-0.39, 0.29) is 11.8 Å². The lowest BCUT2D eigenvalue weighted by molar-refractivity contribution is -0.125. The molecule has 0 saturated heterocycles. The zero-order chi connectivity index (χ0) is 14.1. The van der Waals surface area contributed by atoms with Gasteiger partial charge in [-0.25, -0.2) is 0 Å². The molecule has 0 aliphatic rings. The highest BCUT2D eigenvalue weighted by atomic mass is 16.1. The molecule has 0 aliphatic carbocycles. The number of nitrogens with one attached hydrogen (secondary N) is 1. The number of carbonyl (C=O) groups is 1. The number of benzene rings is 1. The Balaban J connectivity index is 2.70. The molecule has 0 atom stereocenters. The summed E-state index contributed by atoms with van der Waals surface area (Å²) in [6, 6.07) is 7.81. The Morgan fingerprint density at radius 3 is 2.63 bits per heavy atom. The highest BCUT2D eigenvalue weighted by Gasteiger charge is 2.13. The standard InChI is InChI=1S/C16H22N2O/c1-3-13(4-2)16(19)18-12-15-9-6-5-8-14(15)10-7-11-17/h5-6,8-9,13H,3-4,11-12,17H2,1-2H3,(H,18,19). The number of rotatable bonds is 5. The Hall–Kier alpha value is -1.79. The van der Waals surface area contributed by atoms with Gasteiger partial charge in [-0.15, -0.1) is 0 Å². The van der Waals surface area contributed by atoms with Gasteiger partial charge in [-0.05, 0) is 24.5 Å². The SMILES string of the molecule is CCC(CC)C(=O)NCc1ccccc1C#CCN. The van der Waals surface area contributed by atoms with Crippen molar-refractivity contribution in [2.45, 2.75) is 33.2 Å². The van der Waals surface area contributed by atoms with Crippen molar-refractivity contribution in [2.24, 2.45) is 11.7 Å². The first-order valence-electron chi connectivity index (χ1n) is 6.77. The van der Waals surface area contributed by atoms with E-state index in [0.29, 0.717) is 13.1 Å². The van der Waals surface area contributed by atoms with Crippen LogP contribution in [0.25, 0.3) is 0 Å². The first kappa shape index (κ1) is 15.3. The third-order valence-electron chi connectivity index (χ3n) is 3.15. The molecule has 102 valence electrons. The van der Waals surface area contributed by atoms with Gasteiger partial charge in [-0.2, -0.15) is 0 Å². The minimum atomic E-state index is 0.0993. The fourth-order valence-electron chi connectivity index (χ4n) is 1.93. The number of nitrogens with two attached hydrogens (primary N) is 1. The number of amides is 1. The third kappa shape index (κ3) is 4.76. The molecule has 1 aromatic rings. The molecule has 0 heterocycles. The van der Waals surface area contributed by atoms with Gasteiger partial charge in [0.2, 0.25) is 5.91 Å². The van der Waals surface area contributed by atoms with Crippen molar-refractivity contribution in [3.63, 3.8) is 0 Å². The smallest absolute Gasteiger partial charge is 0.223 e. The van der Waals surface area contributed by atoms with E-state index in [1.807, 2.05) is 38.1 Å². The van der Waals surface area contributed by atoms with Crippen molar-refractivity contribution in [2.75, 3.05) is 6.54 Å². The van der Waals surface area contributed by atoms with Gasteiger partial charge >= 0.3 is 0 Å². The molecule has 0 unspecified atom stereocenters. The first-order valence-corrected chi connectivity index (χ1v) is 6.77. The molecule has 0 fully saturated rings. The number of hydrogen-bond acceptors (Lipinski definition) is 2. The maximum Gasteiger partial charge on any atom is 0.223 e. The maximum atomic E-state index is 11.9. The second-order valence-electron chi connectivity index (χ2n) is 4.39. The van der Waals surface area contributed by atoms with Crippen LogP contribution in [0.5, 0.6) is 0 Å². The second-order valence-corrected chi connectivity index (χ2v) is 4.39. The normalized spacial score (nSPS) is 9.89. The van der Waals surface area contributed by atoms with Gasteiger partial charge in [0.15, 0.2) is 0 Å². The van der Waals surface area contributed by atoms with Crippen molar-refractivity contribution >= 4 is 5.91 Å². The Morgan fingerprint density at radius 2 is 2.00 bits per heavy atom. The molecule has 3 heteroatoms. The lowest BCUT2D eigenvalue weighted by atomic mass is 10.0. The van der Waals surface area contributed by atoms with Crippen LogP contribution in [0.1, 0.15) is 37.8 Å². The molecular weight excluding hydrogens is 236 g/mol. The van der Waals surface area contributed by atoms with Crippen molar-refractivity contribution in [3.8, 4) is 11.8 Å². The molecular formula is C16H22N2O. The van der Waals surface area contributed by atoms with E-state index >= 15 is 0 Å². The molecule has 0 radical (unpaired) electrons. The summed E-state index contributed by atoms with van der Waals surface area (Å²) in [5.41, 5.74) is 7.34. The molecule has 3 N–H and O–H groups in total. The van der Waals surface area contributed by atoms with Crippen LogP contribution in [0.15, 0.2) is 24.3 Å². The molecule has 3 nitrogen and oxygen atoms in total. The summed E-state index contributed by atoms with van der Waals surface area (Å²) >= 11 is 0. The van der Waals surface area contributed by atoms with Gasteiger partial charge in [0.05, 0.1) is 6.54 Å². The van der Waals surface area contributed by atoms with Crippen molar-refractivity contribution in [1.82, 2.24) is 5.32 Å². The van der Waals surface area contributed by atoms with E-state index in [2.05, 4.69) is 17.2 Å². The molecule has 1 amide bonds. The molecule has 1 rings (SSSR count). The van der Waals surface area contributed by atoms with Crippen LogP contribution in [0.4, 0.5) is 0 Å². The van der Waals surface area contributed by atoms with E-state index in [4.69, 9.17) is 5.73 Å². The molecule has 0 saturated carbocycles. The fraction of sp³-hybridized carbons (Fsp3) is 0.438. The summed E-state index contributed by atoms with van der Waals surface area (Å²) in [6.45, 7) is 4.93. The largest absolute Gasteiger partial charge is 0.352 e. The van der Waals surface area contributed by atoms with Crippen molar-refractivity contribution in [3.05, 3.63) is 35.4 Å². The van der Waals surface area contributed by atoms with Gasteiger partial charge in [0, 0.05) is 18.0 Å². The third-order valence-corrected chi connectivity index (χ3v) is 3.15. The molecule has 1 aromatic carbocycles. The highest BCUT2D eigenvalue weighted by Crippen LogP contribution is 2.10. The van der Waals surface area contributed by atoms with Gasteiger partial charge in [-0.1, -0.05) is 43.9 Å². The first-order chi connectivity index (χ1) is 9.22. The van der Waals surface area contributed by atoms with Crippen LogP contribution in [-0.2, 0) is 11.3 Å². The van der Waals surface area contributed by atoms with Gasteiger partial charge in [0.25, 0.3) is 0 Å². The summed E-state index contributed by atoms with van der Waals surface area (Å²) < 4.78 is 0. The average Bonchev–Trinajstić information content (AvgIpc) is 2.45. The predicted molar refractivity (Wildman–Crippen MR) is 78.3 cm³/mol. The molecule has 0 spiro atoms. The number of hydrogen-bond donors (Lipinski definition) is 2. The maximum absolute atomic E-state index is 11.9. The van der Waals surface area contributed by atoms with Gasteiger partial charge in [0.1, 0.15) is 0 Å². The van der Waals surface area contributed by atoms with Gasteiger partial charge in [-0.3, -0.25) is 4.79 Å². The van der Waals surface area contributed by atoms with E-state index in [1.165, 1.54) is 0 Å². The minimum Gasteiger partial charge on any atom is -0.352 e. The molecule has 0 aliphatic heterocycles. The summed E-state index contributed by atoms with van der Waals surface area (Å²) in [6.07, 6.45) is 1.74. The average molecular weight is 258 g/mol. The minimum absolute atomic E-state index is 0.0993. The Labute approximate surface area is 115 Å². The molecule has 19 heavy (non-hydrogen) atoms. The zero-order valence-electron chi connectivity index (χ0n) is 11.7. The van der Waals surface area contributed by atoms with E-state index < -0.39 is 0 Å². The fourth-order valence-corrected chi connectivity index (χ4v) is 1.93. The summed E-state index contributed by atoms with van der Waals surface area (Å²) in [7, 11) is 0. The van der Waals surface area contributed by atoms with Crippen molar-refractivity contribution < 1.29 is 4.79 Å². The topological polar surface area (TPSA) is 55.1 Å². The molecule has 0 bridgehead atoms. The lowest BCUT2D eigenvalue weighted by Gasteiger charge is -2.13. The summed E-state index contributed by atoms with van der Waals surface area (Å²) in [5.74, 6) is 6.09.